The molecule has 0 spiro atoms. The van der Waals surface area contributed by atoms with Crippen molar-refractivity contribution in [2.75, 3.05) is 20.8 Å². The van der Waals surface area contributed by atoms with Gasteiger partial charge >= 0.3 is 0 Å². The predicted molar refractivity (Wildman–Crippen MR) is 69.5 cm³/mol. The number of benzene rings is 1. The van der Waals surface area contributed by atoms with Gasteiger partial charge in [-0.25, -0.2) is 0 Å². The SMILES string of the molecule is COCC(C)Oc1c(CCl)cc(Cl)cc1OC. The molecular weight excluding hydrogens is 263 g/mol. The summed E-state index contributed by atoms with van der Waals surface area (Å²) in [7, 11) is 3.19. The number of rotatable bonds is 6. The molecule has 0 heterocycles. The zero-order chi connectivity index (χ0) is 12.8. The van der Waals surface area contributed by atoms with E-state index in [0.717, 1.165) is 5.56 Å². The standard InChI is InChI=1S/C12H16Cl2O3/c1-8(7-15-2)17-12-9(6-13)4-10(14)5-11(12)16-3/h4-5,8H,6-7H2,1-3H3. The summed E-state index contributed by atoms with van der Waals surface area (Å²) in [5.74, 6) is 1.51. The quantitative estimate of drug-likeness (QED) is 0.746. The summed E-state index contributed by atoms with van der Waals surface area (Å²) in [6.07, 6.45) is -0.0861. The predicted octanol–water partition coefficient (Wildman–Crippen LogP) is 3.50. The number of halogens is 2. The van der Waals surface area contributed by atoms with Crippen molar-refractivity contribution in [1.82, 2.24) is 0 Å². The smallest absolute Gasteiger partial charge is 0.166 e. The van der Waals surface area contributed by atoms with Gasteiger partial charge in [-0.1, -0.05) is 11.6 Å². The number of ether oxygens (including phenoxy) is 3. The van der Waals surface area contributed by atoms with Gasteiger partial charge in [0.25, 0.3) is 0 Å². The molecule has 3 nitrogen and oxygen atoms in total. The third-order valence-corrected chi connectivity index (χ3v) is 2.69. The molecule has 0 fully saturated rings. The van der Waals surface area contributed by atoms with Gasteiger partial charge in [0.15, 0.2) is 11.5 Å². The Morgan fingerprint density at radius 2 is 2.00 bits per heavy atom. The van der Waals surface area contributed by atoms with Crippen LogP contribution in [0.5, 0.6) is 11.5 Å². The van der Waals surface area contributed by atoms with Gasteiger partial charge in [0.05, 0.1) is 19.6 Å². The number of hydrogen-bond donors (Lipinski definition) is 0. The maximum absolute atomic E-state index is 5.96. The minimum atomic E-state index is -0.0861. The Morgan fingerprint density at radius 3 is 2.53 bits per heavy atom. The fourth-order valence-electron chi connectivity index (χ4n) is 1.48. The molecule has 96 valence electrons. The molecule has 0 radical (unpaired) electrons. The van der Waals surface area contributed by atoms with Gasteiger partial charge in [0.2, 0.25) is 0 Å². The molecule has 0 aromatic heterocycles. The van der Waals surface area contributed by atoms with Crippen molar-refractivity contribution >= 4 is 23.2 Å². The maximum atomic E-state index is 5.96. The second kappa shape index (κ2) is 6.94. The highest BCUT2D eigenvalue weighted by molar-refractivity contribution is 6.31. The second-order valence-electron chi connectivity index (χ2n) is 3.61. The monoisotopic (exact) mass is 278 g/mol. The molecule has 1 aromatic carbocycles. The first-order valence-electron chi connectivity index (χ1n) is 5.20. The molecule has 0 N–H and O–H groups in total. The minimum Gasteiger partial charge on any atom is -0.493 e. The zero-order valence-corrected chi connectivity index (χ0v) is 11.6. The summed E-state index contributed by atoms with van der Waals surface area (Å²) in [5.41, 5.74) is 0.805. The van der Waals surface area contributed by atoms with E-state index in [-0.39, 0.29) is 6.10 Å². The van der Waals surface area contributed by atoms with Crippen LogP contribution < -0.4 is 9.47 Å². The number of hydrogen-bond acceptors (Lipinski definition) is 3. The molecule has 0 saturated heterocycles. The molecule has 0 aliphatic heterocycles. The fraction of sp³-hybridized carbons (Fsp3) is 0.500. The van der Waals surface area contributed by atoms with E-state index in [0.29, 0.717) is 29.0 Å². The highest BCUT2D eigenvalue weighted by atomic mass is 35.5. The van der Waals surface area contributed by atoms with Gasteiger partial charge in [-0.15, -0.1) is 11.6 Å². The third kappa shape index (κ3) is 3.95. The molecule has 5 heteroatoms. The van der Waals surface area contributed by atoms with Gasteiger partial charge in [-0.05, 0) is 13.0 Å². The number of alkyl halides is 1. The molecule has 1 atom stereocenters. The van der Waals surface area contributed by atoms with Gasteiger partial charge in [0, 0.05) is 23.8 Å². The highest BCUT2D eigenvalue weighted by Crippen LogP contribution is 2.36. The Balaban J connectivity index is 3.02. The van der Waals surface area contributed by atoms with E-state index in [1.165, 1.54) is 0 Å². The average Bonchev–Trinajstić information content (AvgIpc) is 2.31. The van der Waals surface area contributed by atoms with Crippen LogP contribution in [-0.2, 0) is 10.6 Å². The summed E-state index contributed by atoms with van der Waals surface area (Å²) in [6, 6.07) is 3.47. The first kappa shape index (κ1) is 14.4. The Hall–Kier alpha value is -0.640. The summed E-state index contributed by atoms with van der Waals surface area (Å²) in [5, 5.41) is 0.573. The maximum Gasteiger partial charge on any atom is 0.166 e. The lowest BCUT2D eigenvalue weighted by atomic mass is 10.2. The Morgan fingerprint density at radius 1 is 1.29 bits per heavy atom. The first-order chi connectivity index (χ1) is 8.12. The van der Waals surface area contributed by atoms with Gasteiger partial charge in [-0.3, -0.25) is 0 Å². The van der Waals surface area contributed by atoms with E-state index in [2.05, 4.69) is 0 Å². The van der Waals surface area contributed by atoms with E-state index in [1.54, 1.807) is 26.4 Å². The lowest BCUT2D eigenvalue weighted by Crippen LogP contribution is -2.19. The van der Waals surface area contributed by atoms with Crippen LogP contribution in [0.4, 0.5) is 0 Å². The third-order valence-electron chi connectivity index (χ3n) is 2.18. The summed E-state index contributed by atoms with van der Waals surface area (Å²) in [4.78, 5) is 0. The van der Waals surface area contributed by atoms with Gasteiger partial charge in [0.1, 0.15) is 6.10 Å². The van der Waals surface area contributed by atoms with E-state index >= 15 is 0 Å². The second-order valence-corrected chi connectivity index (χ2v) is 4.32. The Kier molecular flexibility index (Phi) is 5.89. The molecule has 0 saturated carbocycles. The molecule has 0 bridgehead atoms. The van der Waals surface area contributed by atoms with E-state index < -0.39 is 0 Å². The van der Waals surface area contributed by atoms with Crippen molar-refractivity contribution < 1.29 is 14.2 Å². The van der Waals surface area contributed by atoms with Crippen LogP contribution in [0.1, 0.15) is 12.5 Å². The van der Waals surface area contributed by atoms with Crippen molar-refractivity contribution in [2.45, 2.75) is 18.9 Å². The zero-order valence-electron chi connectivity index (χ0n) is 10.1. The normalized spacial score (nSPS) is 12.3. The van der Waals surface area contributed by atoms with E-state index in [4.69, 9.17) is 37.4 Å². The average molecular weight is 279 g/mol. The highest BCUT2D eigenvalue weighted by Gasteiger charge is 2.15. The Labute approximate surface area is 112 Å². The van der Waals surface area contributed by atoms with Gasteiger partial charge in [-0.2, -0.15) is 0 Å². The van der Waals surface area contributed by atoms with Gasteiger partial charge < -0.3 is 14.2 Å². The van der Waals surface area contributed by atoms with Crippen LogP contribution in [0.15, 0.2) is 12.1 Å². The molecule has 17 heavy (non-hydrogen) atoms. The topological polar surface area (TPSA) is 27.7 Å². The largest absolute Gasteiger partial charge is 0.493 e. The van der Waals surface area contributed by atoms with Crippen LogP contribution in [0.2, 0.25) is 5.02 Å². The fourth-order valence-corrected chi connectivity index (χ4v) is 1.91. The van der Waals surface area contributed by atoms with E-state index in [1.807, 2.05) is 6.92 Å². The lowest BCUT2D eigenvalue weighted by molar-refractivity contribution is 0.0894. The summed E-state index contributed by atoms with van der Waals surface area (Å²) in [6.45, 7) is 2.41. The molecule has 0 aliphatic rings. The molecule has 1 aromatic rings. The van der Waals surface area contributed by atoms with Crippen LogP contribution >= 0.6 is 23.2 Å². The van der Waals surface area contributed by atoms with Crippen molar-refractivity contribution in [3.63, 3.8) is 0 Å². The van der Waals surface area contributed by atoms with Crippen molar-refractivity contribution in [1.29, 1.82) is 0 Å². The van der Waals surface area contributed by atoms with Crippen molar-refractivity contribution in [2.24, 2.45) is 0 Å². The molecular formula is C12H16Cl2O3. The molecule has 1 unspecified atom stereocenters. The van der Waals surface area contributed by atoms with Crippen LogP contribution in [-0.4, -0.2) is 26.9 Å². The molecule has 1 rings (SSSR count). The van der Waals surface area contributed by atoms with Crippen LogP contribution in [0.3, 0.4) is 0 Å². The van der Waals surface area contributed by atoms with Crippen LogP contribution in [0, 0.1) is 0 Å². The molecule has 0 aliphatic carbocycles. The van der Waals surface area contributed by atoms with Crippen molar-refractivity contribution in [3.8, 4) is 11.5 Å². The number of methoxy groups -OCH3 is 2. The minimum absolute atomic E-state index is 0.0861. The summed E-state index contributed by atoms with van der Waals surface area (Å²) < 4.78 is 16.0. The Bertz CT molecular complexity index is 344. The summed E-state index contributed by atoms with van der Waals surface area (Å²) >= 11 is 11.8. The lowest BCUT2D eigenvalue weighted by Gasteiger charge is -2.19. The first-order valence-corrected chi connectivity index (χ1v) is 6.11. The van der Waals surface area contributed by atoms with Crippen LogP contribution in [0.25, 0.3) is 0 Å². The van der Waals surface area contributed by atoms with Crippen molar-refractivity contribution in [3.05, 3.63) is 22.7 Å². The molecule has 0 amide bonds. The van der Waals surface area contributed by atoms with E-state index in [9.17, 15) is 0 Å².